The Morgan fingerprint density at radius 2 is 1.80 bits per heavy atom. The molecule has 0 bridgehead atoms. The van der Waals surface area contributed by atoms with Crippen LogP contribution in [0.2, 0.25) is 0 Å². The maximum absolute atomic E-state index is 13.3. The van der Waals surface area contributed by atoms with Gasteiger partial charge < -0.3 is 4.90 Å². The van der Waals surface area contributed by atoms with Crippen LogP contribution in [0, 0.1) is 11.3 Å². The highest BCUT2D eigenvalue weighted by molar-refractivity contribution is 5.79. The van der Waals surface area contributed by atoms with Crippen molar-refractivity contribution in [1.82, 2.24) is 19.7 Å². The number of carbonyl (C=O) groups is 1. The lowest BCUT2D eigenvalue weighted by Gasteiger charge is -2.42. The highest BCUT2D eigenvalue weighted by Crippen LogP contribution is 2.38. The van der Waals surface area contributed by atoms with Gasteiger partial charge in [0.25, 0.3) is 0 Å². The van der Waals surface area contributed by atoms with Crippen LogP contribution in [0.3, 0.4) is 0 Å². The lowest BCUT2D eigenvalue weighted by atomic mass is 9.82. The van der Waals surface area contributed by atoms with E-state index in [1.807, 2.05) is 12.4 Å². The highest BCUT2D eigenvalue weighted by atomic mass is 16.2. The minimum atomic E-state index is 0.220. The van der Waals surface area contributed by atoms with Crippen LogP contribution in [-0.4, -0.2) is 70.9 Å². The predicted molar refractivity (Wildman–Crippen MR) is 121 cm³/mol. The average Bonchev–Trinajstić information content (AvgIpc) is 3.25. The quantitative estimate of drug-likeness (QED) is 0.713. The summed E-state index contributed by atoms with van der Waals surface area (Å²) in [4.78, 5) is 24.8. The van der Waals surface area contributed by atoms with Gasteiger partial charge in [-0.05, 0) is 87.7 Å². The number of hydrogen-bond acceptors (Lipinski definition) is 4. The molecule has 3 aliphatic heterocycles. The summed E-state index contributed by atoms with van der Waals surface area (Å²) in [5, 5.41) is 0. The van der Waals surface area contributed by atoms with Gasteiger partial charge in [-0.1, -0.05) is 13.8 Å². The van der Waals surface area contributed by atoms with Crippen LogP contribution in [0.15, 0.2) is 24.5 Å². The summed E-state index contributed by atoms with van der Waals surface area (Å²) in [6.45, 7) is 12.0. The lowest BCUT2D eigenvalue weighted by molar-refractivity contribution is -0.137. The number of aromatic nitrogens is 1. The van der Waals surface area contributed by atoms with E-state index in [4.69, 9.17) is 0 Å². The maximum atomic E-state index is 13.3. The number of amides is 1. The van der Waals surface area contributed by atoms with E-state index in [-0.39, 0.29) is 5.92 Å². The van der Waals surface area contributed by atoms with E-state index in [1.54, 1.807) is 0 Å². The number of piperidine rings is 2. The fourth-order valence-corrected chi connectivity index (χ4v) is 5.94. The van der Waals surface area contributed by atoms with Crippen LogP contribution in [0.4, 0.5) is 0 Å². The summed E-state index contributed by atoms with van der Waals surface area (Å²) in [7, 11) is 0. The van der Waals surface area contributed by atoms with Crippen molar-refractivity contribution in [2.45, 2.75) is 71.4 Å². The molecule has 0 N–H and O–H groups in total. The third kappa shape index (κ3) is 4.88. The zero-order valence-corrected chi connectivity index (χ0v) is 19.1. The Hall–Kier alpha value is -1.46. The third-order valence-corrected chi connectivity index (χ3v) is 8.28. The van der Waals surface area contributed by atoms with Crippen molar-refractivity contribution in [3.8, 4) is 0 Å². The summed E-state index contributed by atoms with van der Waals surface area (Å²) >= 11 is 0. The molecular formula is C25H40N4O. The molecule has 166 valence electrons. The Morgan fingerprint density at radius 1 is 1.07 bits per heavy atom. The molecular weight excluding hydrogens is 372 g/mol. The van der Waals surface area contributed by atoms with Gasteiger partial charge in [0.05, 0.1) is 5.92 Å². The van der Waals surface area contributed by atoms with Gasteiger partial charge in [0.15, 0.2) is 0 Å². The Labute approximate surface area is 182 Å². The first kappa shape index (κ1) is 21.8. The molecule has 1 amide bonds. The smallest absolute Gasteiger partial charge is 0.226 e. The zero-order chi connectivity index (χ0) is 21.0. The molecule has 0 aliphatic carbocycles. The molecule has 0 unspecified atom stereocenters. The SMILES string of the molecule is CCC1(CC)CCN(C(=O)[C@@H]2CCCN(C3CCN(Cc4ccncc4)CC3)C2)C1. The summed E-state index contributed by atoms with van der Waals surface area (Å²) < 4.78 is 0. The largest absolute Gasteiger partial charge is 0.342 e. The third-order valence-electron chi connectivity index (χ3n) is 8.28. The van der Waals surface area contributed by atoms with Crippen LogP contribution >= 0.6 is 0 Å². The standard InChI is InChI=1S/C25H40N4O/c1-3-25(4-2)11-17-29(20-25)24(30)22-6-5-14-28(19-22)23-9-15-27(16-10-23)18-21-7-12-26-13-8-21/h7-8,12-13,22-23H,3-6,9-11,14-20H2,1-2H3/t22-/m1/s1. The fraction of sp³-hybridized carbons (Fsp3) is 0.760. The lowest BCUT2D eigenvalue weighted by Crippen LogP contribution is -2.51. The average molecular weight is 413 g/mol. The molecule has 0 aromatic carbocycles. The van der Waals surface area contributed by atoms with E-state index in [0.717, 1.165) is 45.7 Å². The molecule has 1 aromatic rings. The van der Waals surface area contributed by atoms with Gasteiger partial charge in [-0.25, -0.2) is 0 Å². The number of carbonyl (C=O) groups excluding carboxylic acids is 1. The van der Waals surface area contributed by atoms with E-state index in [0.29, 0.717) is 17.4 Å². The molecule has 1 aromatic heterocycles. The molecule has 1 atom stereocenters. The molecule has 4 heterocycles. The van der Waals surface area contributed by atoms with Crippen LogP contribution in [-0.2, 0) is 11.3 Å². The van der Waals surface area contributed by atoms with Crippen molar-refractivity contribution in [3.63, 3.8) is 0 Å². The van der Waals surface area contributed by atoms with Gasteiger partial charge in [0.1, 0.15) is 0 Å². The summed E-state index contributed by atoms with van der Waals surface area (Å²) in [6, 6.07) is 4.90. The number of nitrogens with zero attached hydrogens (tertiary/aromatic N) is 4. The molecule has 0 radical (unpaired) electrons. The molecule has 0 spiro atoms. The van der Waals surface area contributed by atoms with E-state index < -0.39 is 0 Å². The first-order valence-electron chi connectivity index (χ1n) is 12.3. The summed E-state index contributed by atoms with van der Waals surface area (Å²) in [6.07, 6.45) is 12.1. The maximum Gasteiger partial charge on any atom is 0.226 e. The van der Waals surface area contributed by atoms with Gasteiger partial charge in [0.2, 0.25) is 5.91 Å². The van der Waals surface area contributed by atoms with Crippen molar-refractivity contribution < 1.29 is 4.79 Å². The molecule has 30 heavy (non-hydrogen) atoms. The second-order valence-electron chi connectivity index (χ2n) is 9.91. The van der Waals surface area contributed by atoms with Crippen molar-refractivity contribution in [1.29, 1.82) is 0 Å². The predicted octanol–water partition coefficient (Wildman–Crippen LogP) is 3.80. The van der Waals surface area contributed by atoms with Crippen molar-refractivity contribution in [2.24, 2.45) is 11.3 Å². The van der Waals surface area contributed by atoms with E-state index in [2.05, 4.69) is 45.7 Å². The summed E-state index contributed by atoms with van der Waals surface area (Å²) in [5.74, 6) is 0.664. The molecule has 0 saturated carbocycles. The van der Waals surface area contributed by atoms with Crippen molar-refractivity contribution in [2.75, 3.05) is 39.3 Å². The second-order valence-corrected chi connectivity index (χ2v) is 9.91. The molecule has 3 aliphatic rings. The number of rotatable bonds is 6. The zero-order valence-electron chi connectivity index (χ0n) is 19.1. The van der Waals surface area contributed by atoms with Gasteiger partial charge in [-0.15, -0.1) is 0 Å². The number of likely N-dealkylation sites (tertiary alicyclic amines) is 3. The first-order chi connectivity index (χ1) is 14.6. The molecule has 3 saturated heterocycles. The highest BCUT2D eigenvalue weighted by Gasteiger charge is 2.40. The van der Waals surface area contributed by atoms with Gasteiger partial charge in [-0.3, -0.25) is 19.6 Å². The topological polar surface area (TPSA) is 39.7 Å². The monoisotopic (exact) mass is 412 g/mol. The molecule has 5 heteroatoms. The van der Waals surface area contributed by atoms with E-state index in [9.17, 15) is 4.79 Å². The van der Waals surface area contributed by atoms with Crippen LogP contribution in [0.25, 0.3) is 0 Å². The Bertz CT molecular complexity index is 682. The number of hydrogen-bond donors (Lipinski definition) is 0. The minimum Gasteiger partial charge on any atom is -0.342 e. The van der Waals surface area contributed by atoms with Crippen LogP contribution in [0.5, 0.6) is 0 Å². The van der Waals surface area contributed by atoms with Gasteiger partial charge in [-0.2, -0.15) is 0 Å². The van der Waals surface area contributed by atoms with Crippen molar-refractivity contribution >= 4 is 5.91 Å². The molecule has 3 fully saturated rings. The Balaban J connectivity index is 1.27. The van der Waals surface area contributed by atoms with E-state index >= 15 is 0 Å². The Kier molecular flexibility index (Phi) is 7.09. The summed E-state index contributed by atoms with van der Waals surface area (Å²) in [5.41, 5.74) is 1.74. The van der Waals surface area contributed by atoms with Crippen molar-refractivity contribution in [3.05, 3.63) is 30.1 Å². The van der Waals surface area contributed by atoms with Gasteiger partial charge in [0, 0.05) is 44.6 Å². The Morgan fingerprint density at radius 3 is 2.47 bits per heavy atom. The normalized spacial score (nSPS) is 26.2. The first-order valence-corrected chi connectivity index (χ1v) is 12.3. The number of pyridine rings is 1. The minimum absolute atomic E-state index is 0.220. The van der Waals surface area contributed by atoms with Crippen LogP contribution < -0.4 is 0 Å². The van der Waals surface area contributed by atoms with Crippen LogP contribution in [0.1, 0.15) is 64.4 Å². The van der Waals surface area contributed by atoms with Gasteiger partial charge >= 0.3 is 0 Å². The molecule has 5 nitrogen and oxygen atoms in total. The second kappa shape index (κ2) is 9.78. The molecule has 4 rings (SSSR count). The fourth-order valence-electron chi connectivity index (χ4n) is 5.94. The van der Waals surface area contributed by atoms with E-state index in [1.165, 1.54) is 50.6 Å².